The van der Waals surface area contributed by atoms with Crippen molar-refractivity contribution in [2.24, 2.45) is 0 Å². The van der Waals surface area contributed by atoms with Crippen molar-refractivity contribution in [3.05, 3.63) is 23.8 Å². The first-order valence-corrected chi connectivity index (χ1v) is 5.76. The zero-order valence-electron chi connectivity index (χ0n) is 10.5. The van der Waals surface area contributed by atoms with Crippen molar-refractivity contribution in [3.8, 4) is 11.5 Å². The number of rotatable bonds is 4. The average Bonchev–Trinajstić information content (AvgIpc) is 2.88. The van der Waals surface area contributed by atoms with Crippen LogP contribution in [-0.2, 0) is 15.3 Å². The third-order valence-corrected chi connectivity index (χ3v) is 3.04. The standard InChI is InChI=1S/C13H18O4/c1-4-13(16-7-8-17-13)10-5-6-11(14-2)12(9-10)15-3/h5-6,9H,4,7-8H2,1-3H3. The highest BCUT2D eigenvalue weighted by molar-refractivity contribution is 5.44. The maximum atomic E-state index is 5.73. The Morgan fingerprint density at radius 2 is 1.76 bits per heavy atom. The lowest BCUT2D eigenvalue weighted by Crippen LogP contribution is -2.26. The van der Waals surface area contributed by atoms with Gasteiger partial charge in [0, 0.05) is 12.0 Å². The summed E-state index contributed by atoms with van der Waals surface area (Å²) in [6, 6.07) is 5.74. The molecule has 4 nitrogen and oxygen atoms in total. The van der Waals surface area contributed by atoms with Crippen molar-refractivity contribution in [3.63, 3.8) is 0 Å². The molecule has 0 unspecified atom stereocenters. The molecule has 1 aliphatic heterocycles. The van der Waals surface area contributed by atoms with Crippen LogP contribution in [-0.4, -0.2) is 27.4 Å². The van der Waals surface area contributed by atoms with Gasteiger partial charge in [-0.2, -0.15) is 0 Å². The highest BCUT2D eigenvalue weighted by Crippen LogP contribution is 2.38. The summed E-state index contributed by atoms with van der Waals surface area (Å²) >= 11 is 0. The number of benzene rings is 1. The van der Waals surface area contributed by atoms with Crippen molar-refractivity contribution < 1.29 is 18.9 Å². The summed E-state index contributed by atoms with van der Waals surface area (Å²) < 4.78 is 22.0. The smallest absolute Gasteiger partial charge is 0.194 e. The quantitative estimate of drug-likeness (QED) is 0.806. The molecule has 1 aromatic rings. The van der Waals surface area contributed by atoms with Gasteiger partial charge in [0.15, 0.2) is 17.3 Å². The molecule has 1 saturated heterocycles. The first-order valence-electron chi connectivity index (χ1n) is 5.76. The van der Waals surface area contributed by atoms with Gasteiger partial charge in [-0.05, 0) is 18.2 Å². The van der Waals surface area contributed by atoms with Gasteiger partial charge in [0.1, 0.15) is 0 Å². The van der Waals surface area contributed by atoms with E-state index in [4.69, 9.17) is 18.9 Å². The molecule has 94 valence electrons. The Bertz CT molecular complexity index is 383. The maximum Gasteiger partial charge on any atom is 0.194 e. The van der Waals surface area contributed by atoms with Gasteiger partial charge in [-0.3, -0.25) is 0 Å². The second kappa shape index (κ2) is 4.94. The number of hydrogen-bond donors (Lipinski definition) is 0. The molecule has 0 aromatic heterocycles. The van der Waals surface area contributed by atoms with Gasteiger partial charge in [-0.1, -0.05) is 6.92 Å². The van der Waals surface area contributed by atoms with Gasteiger partial charge in [0.05, 0.1) is 27.4 Å². The van der Waals surface area contributed by atoms with Crippen molar-refractivity contribution >= 4 is 0 Å². The van der Waals surface area contributed by atoms with E-state index in [1.54, 1.807) is 14.2 Å². The third-order valence-electron chi connectivity index (χ3n) is 3.04. The second-order valence-corrected chi connectivity index (χ2v) is 3.87. The molecular formula is C13H18O4. The first kappa shape index (κ1) is 12.2. The summed E-state index contributed by atoms with van der Waals surface area (Å²) in [4.78, 5) is 0. The lowest BCUT2D eigenvalue weighted by molar-refractivity contribution is -0.167. The molecular weight excluding hydrogens is 220 g/mol. The Labute approximate surface area is 101 Å². The molecule has 0 saturated carbocycles. The van der Waals surface area contributed by atoms with Crippen LogP contribution < -0.4 is 9.47 Å². The van der Waals surface area contributed by atoms with Crippen molar-refractivity contribution in [2.45, 2.75) is 19.1 Å². The molecule has 1 aromatic carbocycles. The minimum absolute atomic E-state index is 0.625. The van der Waals surface area contributed by atoms with Crippen LogP contribution in [0.4, 0.5) is 0 Å². The summed E-state index contributed by atoms with van der Waals surface area (Å²) in [6.07, 6.45) is 0.766. The van der Waals surface area contributed by atoms with Crippen LogP contribution in [0.3, 0.4) is 0 Å². The van der Waals surface area contributed by atoms with E-state index < -0.39 is 5.79 Å². The van der Waals surface area contributed by atoms with E-state index in [0.29, 0.717) is 24.7 Å². The van der Waals surface area contributed by atoms with Crippen LogP contribution in [0.1, 0.15) is 18.9 Å². The summed E-state index contributed by atoms with van der Waals surface area (Å²) in [5, 5.41) is 0. The van der Waals surface area contributed by atoms with Crippen LogP contribution in [0.15, 0.2) is 18.2 Å². The Balaban J connectivity index is 2.38. The predicted molar refractivity (Wildman–Crippen MR) is 63.4 cm³/mol. The molecule has 4 heteroatoms. The molecule has 2 rings (SSSR count). The van der Waals surface area contributed by atoms with Gasteiger partial charge < -0.3 is 18.9 Å². The highest BCUT2D eigenvalue weighted by Gasteiger charge is 2.37. The Morgan fingerprint density at radius 1 is 1.12 bits per heavy atom. The van der Waals surface area contributed by atoms with Gasteiger partial charge in [-0.15, -0.1) is 0 Å². The molecule has 0 atom stereocenters. The fourth-order valence-electron chi connectivity index (χ4n) is 2.10. The highest BCUT2D eigenvalue weighted by atomic mass is 16.7. The van der Waals surface area contributed by atoms with E-state index in [0.717, 1.165) is 12.0 Å². The zero-order valence-corrected chi connectivity index (χ0v) is 10.5. The van der Waals surface area contributed by atoms with Crippen LogP contribution in [0.25, 0.3) is 0 Å². The Kier molecular flexibility index (Phi) is 3.54. The Hall–Kier alpha value is -1.26. The SMILES string of the molecule is CCC1(c2ccc(OC)c(OC)c2)OCCO1. The van der Waals surface area contributed by atoms with E-state index >= 15 is 0 Å². The second-order valence-electron chi connectivity index (χ2n) is 3.87. The molecule has 0 N–H and O–H groups in total. The van der Waals surface area contributed by atoms with E-state index in [-0.39, 0.29) is 0 Å². The van der Waals surface area contributed by atoms with Gasteiger partial charge in [-0.25, -0.2) is 0 Å². The summed E-state index contributed by atoms with van der Waals surface area (Å²) in [6.45, 7) is 3.30. The van der Waals surface area contributed by atoms with E-state index in [9.17, 15) is 0 Å². The largest absolute Gasteiger partial charge is 0.493 e. The van der Waals surface area contributed by atoms with Crippen LogP contribution >= 0.6 is 0 Å². The lowest BCUT2D eigenvalue weighted by atomic mass is 10.0. The van der Waals surface area contributed by atoms with Crippen LogP contribution in [0.5, 0.6) is 11.5 Å². The molecule has 0 amide bonds. The topological polar surface area (TPSA) is 36.9 Å². The van der Waals surface area contributed by atoms with Gasteiger partial charge >= 0.3 is 0 Å². The fraction of sp³-hybridized carbons (Fsp3) is 0.538. The van der Waals surface area contributed by atoms with Gasteiger partial charge in [0.2, 0.25) is 0 Å². The molecule has 0 bridgehead atoms. The van der Waals surface area contributed by atoms with Crippen molar-refractivity contribution in [2.75, 3.05) is 27.4 Å². The molecule has 1 aliphatic rings. The van der Waals surface area contributed by atoms with E-state index in [1.165, 1.54) is 0 Å². The number of hydrogen-bond acceptors (Lipinski definition) is 4. The van der Waals surface area contributed by atoms with Gasteiger partial charge in [0.25, 0.3) is 0 Å². The predicted octanol–water partition coefficient (Wildman–Crippen LogP) is 2.31. The normalized spacial score (nSPS) is 18.1. The minimum atomic E-state index is -0.625. The molecule has 1 fully saturated rings. The zero-order chi connectivity index (χ0) is 12.3. The molecule has 1 heterocycles. The average molecular weight is 238 g/mol. The number of ether oxygens (including phenoxy) is 4. The van der Waals surface area contributed by atoms with Crippen LogP contribution in [0, 0.1) is 0 Å². The van der Waals surface area contributed by atoms with E-state index in [2.05, 4.69) is 0 Å². The first-order chi connectivity index (χ1) is 8.25. The fourth-order valence-corrected chi connectivity index (χ4v) is 2.10. The summed E-state index contributed by atoms with van der Waals surface area (Å²) in [5.41, 5.74) is 0.968. The van der Waals surface area contributed by atoms with Crippen molar-refractivity contribution in [1.29, 1.82) is 0 Å². The third kappa shape index (κ3) is 2.10. The minimum Gasteiger partial charge on any atom is -0.493 e. The maximum absolute atomic E-state index is 5.73. The molecule has 0 spiro atoms. The van der Waals surface area contributed by atoms with E-state index in [1.807, 2.05) is 25.1 Å². The number of methoxy groups -OCH3 is 2. The molecule has 0 radical (unpaired) electrons. The van der Waals surface area contributed by atoms with Crippen LogP contribution in [0.2, 0.25) is 0 Å². The monoisotopic (exact) mass is 238 g/mol. The molecule has 0 aliphatic carbocycles. The summed E-state index contributed by atoms with van der Waals surface area (Å²) in [7, 11) is 3.24. The van der Waals surface area contributed by atoms with Crippen molar-refractivity contribution in [1.82, 2.24) is 0 Å². The summed E-state index contributed by atoms with van der Waals surface area (Å²) in [5.74, 6) is 0.775. The molecule has 17 heavy (non-hydrogen) atoms. The Morgan fingerprint density at radius 3 is 2.29 bits per heavy atom. The lowest BCUT2D eigenvalue weighted by Gasteiger charge is -2.27.